The van der Waals surface area contributed by atoms with Gasteiger partial charge in [0, 0.05) is 31.6 Å². The Balaban J connectivity index is 1.58. The van der Waals surface area contributed by atoms with Crippen LogP contribution in [0.3, 0.4) is 0 Å². The summed E-state index contributed by atoms with van der Waals surface area (Å²) in [4.78, 5) is 9.36. The van der Waals surface area contributed by atoms with E-state index in [1.54, 1.807) is 26.3 Å². The highest BCUT2D eigenvalue weighted by Gasteiger charge is 2.22. The summed E-state index contributed by atoms with van der Waals surface area (Å²) in [5.41, 5.74) is 2.60. The number of nitrogens with zero attached hydrogens (tertiary/aromatic N) is 5. The molecule has 2 aliphatic rings. The molecule has 27 heavy (non-hydrogen) atoms. The third-order valence-corrected chi connectivity index (χ3v) is 6.53. The minimum atomic E-state index is 0.00354. The molecule has 10 heteroatoms. The Kier molecular flexibility index (Phi) is 4.46. The van der Waals surface area contributed by atoms with Crippen molar-refractivity contribution < 1.29 is 9.47 Å². The Morgan fingerprint density at radius 1 is 1.37 bits per heavy atom. The van der Waals surface area contributed by atoms with Crippen LogP contribution in [0.1, 0.15) is 6.42 Å². The zero-order valence-electron chi connectivity index (χ0n) is 14.7. The maximum absolute atomic E-state index is 6.23. The van der Waals surface area contributed by atoms with Gasteiger partial charge in [0.05, 0.1) is 35.6 Å². The van der Waals surface area contributed by atoms with Gasteiger partial charge in [-0.3, -0.25) is 4.68 Å². The molecule has 5 heterocycles. The number of ether oxygens (including phenoxy) is 2. The van der Waals surface area contributed by atoms with Crippen LogP contribution in [0.4, 0.5) is 5.95 Å². The highest BCUT2D eigenvalue weighted by atomic mass is 33.1. The first-order valence-corrected chi connectivity index (χ1v) is 11.0. The fourth-order valence-electron chi connectivity index (χ4n) is 3.09. The zero-order valence-corrected chi connectivity index (χ0v) is 16.3. The van der Waals surface area contributed by atoms with Gasteiger partial charge in [0.25, 0.3) is 0 Å². The van der Waals surface area contributed by atoms with Crippen molar-refractivity contribution in [1.29, 1.82) is 0 Å². The van der Waals surface area contributed by atoms with Gasteiger partial charge in [0.1, 0.15) is 11.6 Å². The van der Waals surface area contributed by atoms with E-state index in [4.69, 9.17) is 9.47 Å². The van der Waals surface area contributed by atoms with Gasteiger partial charge >= 0.3 is 0 Å². The molecule has 5 rings (SSSR count). The van der Waals surface area contributed by atoms with Gasteiger partial charge in [-0.25, -0.2) is 4.98 Å². The van der Waals surface area contributed by atoms with Crippen molar-refractivity contribution in [3.63, 3.8) is 0 Å². The highest BCUT2D eigenvalue weighted by Crippen LogP contribution is 2.37. The molecule has 0 unspecified atom stereocenters. The molecule has 0 radical (unpaired) electrons. The second-order valence-electron chi connectivity index (χ2n) is 6.31. The molecule has 0 aromatic carbocycles. The molecule has 0 saturated carbocycles. The first-order chi connectivity index (χ1) is 13.3. The number of aromatic nitrogens is 5. The normalized spacial score (nSPS) is 19.6. The predicted octanol–water partition coefficient (Wildman–Crippen LogP) is 2.97. The monoisotopic (exact) mass is 402 g/mol. The van der Waals surface area contributed by atoms with E-state index in [1.807, 2.05) is 36.3 Å². The molecule has 1 atom stereocenters. The van der Waals surface area contributed by atoms with Crippen LogP contribution in [-0.2, 0) is 11.8 Å². The van der Waals surface area contributed by atoms with E-state index in [1.165, 1.54) is 0 Å². The molecular formula is C17H18N6O2S2. The first kappa shape index (κ1) is 17.0. The fraction of sp³-hybridized carbons (Fsp3) is 0.353. The molecule has 1 fully saturated rings. The molecule has 0 spiro atoms. The number of nitrogens with one attached hydrogen (secondary N) is 1. The Morgan fingerprint density at radius 2 is 2.33 bits per heavy atom. The molecule has 3 aromatic rings. The first-order valence-electron chi connectivity index (χ1n) is 8.65. The van der Waals surface area contributed by atoms with Gasteiger partial charge in [0.2, 0.25) is 11.8 Å². The minimum Gasteiger partial charge on any atom is -0.470 e. The highest BCUT2D eigenvalue weighted by molar-refractivity contribution is 8.78. The lowest BCUT2D eigenvalue weighted by atomic mass is 10.3. The number of anilines is 1. The quantitative estimate of drug-likeness (QED) is 0.653. The number of hydrogen-bond acceptors (Lipinski definition) is 8. The SMILES string of the molecule is Cn1cc(-n2ccc3nc(NC4=CCSS4)nc(O[C@H]4CCOC4)c32)cn1. The van der Waals surface area contributed by atoms with E-state index in [0.29, 0.717) is 25.0 Å². The average Bonchev–Trinajstić information content (AvgIpc) is 3.41. The number of hydrogen-bond donors (Lipinski definition) is 1. The lowest BCUT2D eigenvalue weighted by molar-refractivity contribution is 0.139. The van der Waals surface area contributed by atoms with Crippen LogP contribution in [0.5, 0.6) is 5.88 Å². The Bertz CT molecular complexity index is 1010. The van der Waals surface area contributed by atoms with Gasteiger partial charge in [0.15, 0.2) is 0 Å². The molecule has 8 nitrogen and oxygen atoms in total. The summed E-state index contributed by atoms with van der Waals surface area (Å²) in [7, 11) is 5.37. The summed E-state index contributed by atoms with van der Waals surface area (Å²) in [6.45, 7) is 1.30. The topological polar surface area (TPSA) is 79.0 Å². The summed E-state index contributed by atoms with van der Waals surface area (Å²) in [5.74, 6) is 2.08. The summed E-state index contributed by atoms with van der Waals surface area (Å²) < 4.78 is 15.5. The lowest BCUT2D eigenvalue weighted by Crippen LogP contribution is -2.17. The second kappa shape index (κ2) is 7.10. The van der Waals surface area contributed by atoms with Gasteiger partial charge in [-0.1, -0.05) is 10.8 Å². The van der Waals surface area contributed by atoms with Crippen molar-refractivity contribution in [3.05, 3.63) is 35.8 Å². The summed E-state index contributed by atoms with van der Waals surface area (Å²) >= 11 is 0. The molecule has 0 bridgehead atoms. The van der Waals surface area contributed by atoms with Gasteiger partial charge in [-0.15, -0.1) is 0 Å². The van der Waals surface area contributed by atoms with Crippen LogP contribution in [0, 0.1) is 0 Å². The van der Waals surface area contributed by atoms with Crippen molar-refractivity contribution in [1.82, 2.24) is 24.3 Å². The van der Waals surface area contributed by atoms with Gasteiger partial charge < -0.3 is 19.4 Å². The maximum atomic E-state index is 6.23. The van der Waals surface area contributed by atoms with E-state index in [9.17, 15) is 0 Å². The zero-order chi connectivity index (χ0) is 18.2. The van der Waals surface area contributed by atoms with Crippen molar-refractivity contribution in [2.24, 2.45) is 7.05 Å². The molecule has 1 N–H and O–H groups in total. The standard InChI is InChI=1S/C17H18N6O2S2/c1-22-9-11(8-18-22)23-5-2-13-15(23)16(25-12-3-6-24-10-12)21-17(19-13)20-14-4-7-26-27-14/h2,4-5,8-9,12H,3,6-7,10H2,1H3,(H,19,20,21)/t12-/m0/s1. The number of fused-ring (bicyclic) bond motifs is 1. The molecule has 3 aromatic heterocycles. The lowest BCUT2D eigenvalue weighted by Gasteiger charge is -2.15. The van der Waals surface area contributed by atoms with Crippen LogP contribution in [-0.4, -0.2) is 49.4 Å². The molecule has 140 valence electrons. The minimum absolute atomic E-state index is 0.00354. The predicted molar refractivity (Wildman–Crippen MR) is 107 cm³/mol. The Morgan fingerprint density at radius 3 is 3.07 bits per heavy atom. The van der Waals surface area contributed by atoms with E-state index < -0.39 is 0 Å². The molecule has 0 aliphatic carbocycles. The van der Waals surface area contributed by atoms with E-state index in [2.05, 4.69) is 26.5 Å². The van der Waals surface area contributed by atoms with Crippen LogP contribution < -0.4 is 10.1 Å². The molecule has 2 aliphatic heterocycles. The maximum Gasteiger partial charge on any atom is 0.244 e. The van der Waals surface area contributed by atoms with Crippen molar-refractivity contribution in [3.8, 4) is 11.6 Å². The van der Waals surface area contributed by atoms with Gasteiger partial charge in [-0.2, -0.15) is 10.1 Å². The smallest absolute Gasteiger partial charge is 0.244 e. The van der Waals surface area contributed by atoms with E-state index in [-0.39, 0.29) is 6.10 Å². The molecular weight excluding hydrogens is 384 g/mol. The van der Waals surface area contributed by atoms with Crippen LogP contribution >= 0.6 is 21.6 Å². The van der Waals surface area contributed by atoms with Crippen molar-refractivity contribution >= 4 is 38.6 Å². The summed E-state index contributed by atoms with van der Waals surface area (Å²) in [6.07, 6.45) is 8.73. The fourth-order valence-corrected chi connectivity index (χ4v) is 5.02. The summed E-state index contributed by atoms with van der Waals surface area (Å²) in [6, 6.07) is 1.97. The molecule has 1 saturated heterocycles. The van der Waals surface area contributed by atoms with Crippen molar-refractivity contribution in [2.75, 3.05) is 24.3 Å². The summed E-state index contributed by atoms with van der Waals surface area (Å²) in [5, 5.41) is 8.62. The van der Waals surface area contributed by atoms with Crippen LogP contribution in [0.25, 0.3) is 16.7 Å². The van der Waals surface area contributed by atoms with E-state index >= 15 is 0 Å². The Hall–Kier alpha value is -2.17. The van der Waals surface area contributed by atoms with Crippen molar-refractivity contribution in [2.45, 2.75) is 12.5 Å². The second-order valence-corrected chi connectivity index (χ2v) is 8.69. The largest absolute Gasteiger partial charge is 0.470 e. The number of rotatable bonds is 5. The molecule has 0 amide bonds. The third kappa shape index (κ3) is 3.40. The number of aryl methyl sites for hydroxylation is 1. The van der Waals surface area contributed by atoms with Crippen LogP contribution in [0.2, 0.25) is 0 Å². The van der Waals surface area contributed by atoms with Gasteiger partial charge in [-0.05, 0) is 22.9 Å². The third-order valence-electron chi connectivity index (χ3n) is 4.36. The Labute approximate surface area is 163 Å². The van der Waals surface area contributed by atoms with E-state index in [0.717, 1.165) is 33.9 Å². The van der Waals surface area contributed by atoms with Crippen LogP contribution in [0.15, 0.2) is 35.8 Å². The average molecular weight is 403 g/mol.